The minimum absolute atomic E-state index is 0.298. The average molecular weight is 484 g/mol. The van der Waals surface area contributed by atoms with Crippen molar-refractivity contribution in [3.63, 3.8) is 0 Å². The molecule has 2 aromatic carbocycles. The molecule has 0 saturated carbocycles. The Morgan fingerprint density at radius 1 is 1.14 bits per heavy atom. The second kappa shape index (κ2) is 11.0. The Balaban J connectivity index is 1.90. The van der Waals surface area contributed by atoms with Gasteiger partial charge in [-0.3, -0.25) is 9.78 Å². The van der Waals surface area contributed by atoms with Crippen molar-refractivity contribution in [2.24, 2.45) is 0 Å². The van der Waals surface area contributed by atoms with Crippen LogP contribution in [0.5, 0.6) is 0 Å². The summed E-state index contributed by atoms with van der Waals surface area (Å²) in [5, 5.41) is 11.8. The van der Waals surface area contributed by atoms with Gasteiger partial charge in [-0.05, 0) is 72.9 Å². The van der Waals surface area contributed by atoms with Crippen LogP contribution in [0, 0.1) is 24.1 Å². The lowest BCUT2D eigenvalue weighted by molar-refractivity contribution is -0.141. The predicted octanol–water partition coefficient (Wildman–Crippen LogP) is 5.35. The molecular weight excluding hydrogens is 460 g/mol. The zero-order valence-corrected chi connectivity index (χ0v) is 19.2. The molecule has 1 amide bonds. The quantitative estimate of drug-likeness (QED) is 0.438. The summed E-state index contributed by atoms with van der Waals surface area (Å²) in [6, 6.07) is 14.8. The van der Waals surface area contributed by atoms with E-state index >= 15 is 0 Å². The molecule has 1 N–H and O–H groups in total. The summed E-state index contributed by atoms with van der Waals surface area (Å²) < 4.78 is 52.3. The van der Waals surface area contributed by atoms with E-state index in [-0.39, 0.29) is 11.7 Å². The third kappa shape index (κ3) is 6.35. The number of nitriles is 1. The van der Waals surface area contributed by atoms with Crippen LogP contribution < -0.4 is 10.2 Å². The fourth-order valence-corrected chi connectivity index (χ4v) is 3.76. The first-order chi connectivity index (χ1) is 16.6. The van der Waals surface area contributed by atoms with E-state index in [0.717, 1.165) is 6.07 Å². The first-order valence-electron chi connectivity index (χ1n) is 10.9. The van der Waals surface area contributed by atoms with Crippen molar-refractivity contribution in [3.8, 4) is 6.07 Å². The zero-order chi connectivity index (χ0) is 25.6. The van der Waals surface area contributed by atoms with Gasteiger partial charge in [-0.15, -0.1) is 0 Å². The van der Waals surface area contributed by atoms with E-state index in [1.54, 1.807) is 43.3 Å². The fourth-order valence-electron chi connectivity index (χ4n) is 3.76. The number of nitrogens with zero attached hydrogens (tertiary/aromatic N) is 3. The van der Waals surface area contributed by atoms with Gasteiger partial charge in [-0.25, -0.2) is 4.39 Å². The summed E-state index contributed by atoms with van der Waals surface area (Å²) in [5.74, 6) is -0.674. The fraction of sp³-hybridized carbons (Fsp3) is 0.269. The number of likely N-dealkylation sites (N-methyl/N-ethyl adjacent to an activating group) is 1. The van der Waals surface area contributed by atoms with Crippen LogP contribution in [0.4, 0.5) is 23.2 Å². The maximum absolute atomic E-state index is 14.0. The lowest BCUT2D eigenvalue weighted by atomic mass is 10.0. The third-order valence-corrected chi connectivity index (χ3v) is 5.61. The van der Waals surface area contributed by atoms with Crippen LogP contribution in [0.1, 0.15) is 40.4 Å². The number of alkyl halides is 3. The lowest BCUT2D eigenvalue weighted by Gasteiger charge is -2.33. The average Bonchev–Trinajstić information content (AvgIpc) is 2.85. The van der Waals surface area contributed by atoms with Crippen molar-refractivity contribution >= 4 is 11.6 Å². The number of carbonyl (C=O) groups is 1. The molecule has 35 heavy (non-hydrogen) atoms. The van der Waals surface area contributed by atoms with Crippen molar-refractivity contribution in [2.75, 3.05) is 18.5 Å². The number of benzene rings is 2. The summed E-state index contributed by atoms with van der Waals surface area (Å²) in [7, 11) is 1.51. The second-order valence-electron chi connectivity index (χ2n) is 8.03. The van der Waals surface area contributed by atoms with E-state index in [2.05, 4.69) is 10.3 Å². The van der Waals surface area contributed by atoms with Gasteiger partial charge in [0.25, 0.3) is 0 Å². The molecular formula is C26H24F4N4O. The van der Waals surface area contributed by atoms with E-state index in [4.69, 9.17) is 5.26 Å². The molecule has 0 saturated heterocycles. The maximum Gasteiger partial charge on any atom is 0.433 e. The highest BCUT2D eigenvalue weighted by molar-refractivity contribution is 5.86. The van der Waals surface area contributed by atoms with Gasteiger partial charge in [0.15, 0.2) is 0 Å². The molecule has 0 aliphatic carbocycles. The van der Waals surface area contributed by atoms with E-state index in [9.17, 15) is 22.4 Å². The normalized spacial score (nSPS) is 12.0. The number of hydrogen-bond donors (Lipinski definition) is 1. The van der Waals surface area contributed by atoms with Gasteiger partial charge >= 0.3 is 6.18 Å². The highest BCUT2D eigenvalue weighted by Crippen LogP contribution is 2.30. The van der Waals surface area contributed by atoms with Gasteiger partial charge in [-0.2, -0.15) is 18.4 Å². The summed E-state index contributed by atoms with van der Waals surface area (Å²) in [5.41, 5.74) is 1.79. The number of halogens is 4. The number of amides is 1. The summed E-state index contributed by atoms with van der Waals surface area (Å²) in [6.45, 7) is 1.98. The smallest absolute Gasteiger partial charge is 0.357 e. The van der Waals surface area contributed by atoms with Gasteiger partial charge in [0.1, 0.15) is 17.6 Å². The highest BCUT2D eigenvalue weighted by atomic mass is 19.4. The standard InChI is InChI=1S/C26H24F4N4O/c1-17-14-21(10-11-22(17)27)34(13-3-4-19-7-12-23(33-16-19)26(28,29)30)24(25(35)32-2)20-8-5-18(15-31)6-9-20/h5-12,14,16,24H,3-4,13H2,1-2H3,(H,32,35)/t24-/m1/s1. The number of rotatable bonds is 8. The summed E-state index contributed by atoms with van der Waals surface area (Å²) in [4.78, 5) is 18.3. The Morgan fingerprint density at radius 2 is 1.86 bits per heavy atom. The largest absolute Gasteiger partial charge is 0.433 e. The Kier molecular flexibility index (Phi) is 8.07. The van der Waals surface area contributed by atoms with Crippen LogP contribution in [-0.4, -0.2) is 24.5 Å². The van der Waals surface area contributed by atoms with E-state index in [1.165, 1.54) is 25.4 Å². The minimum Gasteiger partial charge on any atom is -0.357 e. The molecule has 0 aliphatic heterocycles. The lowest BCUT2D eigenvalue weighted by Crippen LogP contribution is -2.40. The monoisotopic (exact) mass is 484 g/mol. The summed E-state index contributed by atoms with van der Waals surface area (Å²) >= 11 is 0. The maximum atomic E-state index is 14.0. The molecule has 182 valence electrons. The van der Waals surface area contributed by atoms with Crippen molar-refractivity contribution in [1.82, 2.24) is 10.3 Å². The molecule has 3 aromatic rings. The first kappa shape index (κ1) is 25.7. The number of carbonyl (C=O) groups excluding carboxylic acids is 1. The first-order valence-corrected chi connectivity index (χ1v) is 10.9. The van der Waals surface area contributed by atoms with Crippen LogP contribution in [0.25, 0.3) is 0 Å². The highest BCUT2D eigenvalue weighted by Gasteiger charge is 2.32. The van der Waals surface area contributed by atoms with Gasteiger partial charge in [0.05, 0.1) is 11.6 Å². The number of hydrogen-bond acceptors (Lipinski definition) is 4. The van der Waals surface area contributed by atoms with Crippen molar-refractivity contribution in [1.29, 1.82) is 5.26 Å². The molecule has 0 radical (unpaired) electrons. The molecule has 0 aliphatic rings. The number of aryl methyl sites for hydroxylation is 2. The molecule has 0 fully saturated rings. The van der Waals surface area contributed by atoms with Crippen LogP contribution in [0.3, 0.4) is 0 Å². The molecule has 1 heterocycles. The topological polar surface area (TPSA) is 69.0 Å². The number of aromatic nitrogens is 1. The number of anilines is 1. The SMILES string of the molecule is CNC(=O)[C@@H](c1ccc(C#N)cc1)N(CCCc1ccc(C(F)(F)F)nc1)c1ccc(F)c(C)c1. The van der Waals surface area contributed by atoms with Crippen LogP contribution in [-0.2, 0) is 17.4 Å². The number of pyridine rings is 1. The van der Waals surface area contributed by atoms with E-state index < -0.39 is 17.9 Å². The molecule has 3 rings (SSSR count). The Hall–Kier alpha value is -3.93. The Labute approximate surface area is 201 Å². The van der Waals surface area contributed by atoms with Crippen LogP contribution >= 0.6 is 0 Å². The van der Waals surface area contributed by atoms with Crippen LogP contribution in [0.15, 0.2) is 60.8 Å². The van der Waals surface area contributed by atoms with Crippen molar-refractivity contribution in [2.45, 2.75) is 32.0 Å². The van der Waals surface area contributed by atoms with Crippen molar-refractivity contribution < 1.29 is 22.4 Å². The molecule has 5 nitrogen and oxygen atoms in total. The molecule has 0 unspecified atom stereocenters. The zero-order valence-electron chi connectivity index (χ0n) is 19.2. The van der Waals surface area contributed by atoms with Gasteiger partial charge < -0.3 is 10.2 Å². The van der Waals surface area contributed by atoms with Gasteiger partial charge in [0.2, 0.25) is 5.91 Å². The predicted molar refractivity (Wildman–Crippen MR) is 124 cm³/mol. The van der Waals surface area contributed by atoms with E-state index in [0.29, 0.717) is 47.3 Å². The summed E-state index contributed by atoms with van der Waals surface area (Å²) in [6.07, 6.45) is -2.38. The second-order valence-corrected chi connectivity index (χ2v) is 8.03. The molecule has 1 aromatic heterocycles. The minimum atomic E-state index is -4.50. The molecule has 1 atom stereocenters. The molecule has 0 bridgehead atoms. The Bertz CT molecular complexity index is 1200. The van der Waals surface area contributed by atoms with Crippen LogP contribution in [0.2, 0.25) is 0 Å². The molecule has 9 heteroatoms. The van der Waals surface area contributed by atoms with Gasteiger partial charge in [-0.1, -0.05) is 18.2 Å². The van der Waals surface area contributed by atoms with Crippen molar-refractivity contribution in [3.05, 3.63) is 94.6 Å². The Morgan fingerprint density at radius 3 is 2.40 bits per heavy atom. The number of nitrogens with one attached hydrogen (secondary N) is 1. The third-order valence-electron chi connectivity index (χ3n) is 5.61. The molecule has 0 spiro atoms. The van der Waals surface area contributed by atoms with Gasteiger partial charge in [0, 0.05) is 25.5 Å². The van der Waals surface area contributed by atoms with E-state index in [1.807, 2.05) is 11.0 Å².